The quantitative estimate of drug-likeness (QED) is 0.658. The van der Waals surface area contributed by atoms with Gasteiger partial charge in [0.25, 0.3) is 5.56 Å². The van der Waals surface area contributed by atoms with Crippen LogP contribution in [0.5, 0.6) is 0 Å². The molecule has 0 radical (unpaired) electrons. The molecule has 17 heavy (non-hydrogen) atoms. The molecule has 1 aromatic heterocycles. The number of nitrogens with one attached hydrogen (secondary N) is 1. The Kier molecular flexibility index (Phi) is 2.05. The molecule has 0 aromatic carbocycles. The standard InChI is InChI=1S/C9H8ClFN2O4/c10-9(11)4-5(15)6(4)17-7(9)13-2-1-3(14)12-8(13)16/h1-2,4-7,15H,(H,12,14,16)/t4?,5?,6-,7+,9+/m0/s1. The maximum atomic E-state index is 14.2. The van der Waals surface area contributed by atoms with Crippen molar-refractivity contribution in [1.29, 1.82) is 0 Å². The van der Waals surface area contributed by atoms with Gasteiger partial charge in [-0.05, 0) is 0 Å². The molecule has 3 rings (SSSR count). The Hall–Kier alpha value is -1.18. The van der Waals surface area contributed by atoms with Crippen molar-refractivity contribution in [1.82, 2.24) is 9.55 Å². The number of aromatic amines is 1. The van der Waals surface area contributed by atoms with Crippen molar-refractivity contribution in [3.63, 3.8) is 0 Å². The highest BCUT2D eigenvalue weighted by molar-refractivity contribution is 6.23. The maximum absolute atomic E-state index is 14.2. The number of aliphatic hydroxyl groups excluding tert-OH is 1. The first kappa shape index (κ1) is 10.9. The number of fused-ring (bicyclic) bond motifs is 1. The van der Waals surface area contributed by atoms with Crippen LogP contribution < -0.4 is 11.2 Å². The fourth-order valence-corrected chi connectivity index (χ4v) is 2.56. The molecule has 1 saturated carbocycles. The van der Waals surface area contributed by atoms with E-state index in [-0.39, 0.29) is 0 Å². The van der Waals surface area contributed by atoms with Crippen LogP contribution in [0.1, 0.15) is 6.23 Å². The second kappa shape index (κ2) is 3.18. The molecule has 1 saturated heterocycles. The molecule has 0 spiro atoms. The molecule has 2 heterocycles. The van der Waals surface area contributed by atoms with Crippen molar-refractivity contribution in [2.24, 2.45) is 5.92 Å². The van der Waals surface area contributed by atoms with Gasteiger partial charge in [0.05, 0.1) is 18.1 Å². The van der Waals surface area contributed by atoms with E-state index < -0.39 is 40.7 Å². The molecule has 1 aliphatic carbocycles. The van der Waals surface area contributed by atoms with Crippen molar-refractivity contribution >= 4 is 11.6 Å². The number of ether oxygens (including phenoxy) is 1. The zero-order valence-electron chi connectivity index (χ0n) is 8.34. The highest BCUT2D eigenvalue weighted by Crippen LogP contribution is 2.59. The third-order valence-electron chi connectivity index (χ3n) is 3.08. The van der Waals surface area contributed by atoms with Crippen LogP contribution in [0.4, 0.5) is 4.39 Å². The molecule has 0 bridgehead atoms. The van der Waals surface area contributed by atoms with Crippen LogP contribution in [0.2, 0.25) is 0 Å². The summed E-state index contributed by atoms with van der Waals surface area (Å²) in [7, 11) is 0. The third kappa shape index (κ3) is 1.39. The van der Waals surface area contributed by atoms with Gasteiger partial charge in [0.2, 0.25) is 5.13 Å². The minimum Gasteiger partial charge on any atom is -0.390 e. The highest BCUT2D eigenvalue weighted by atomic mass is 35.5. The molecule has 2 aliphatic rings. The summed E-state index contributed by atoms with van der Waals surface area (Å²) >= 11 is 5.66. The normalized spacial score (nSPS) is 43.5. The van der Waals surface area contributed by atoms with Crippen LogP contribution >= 0.6 is 11.6 Å². The molecule has 1 aromatic rings. The molecule has 2 fully saturated rings. The van der Waals surface area contributed by atoms with E-state index in [4.69, 9.17) is 16.3 Å². The summed E-state index contributed by atoms with van der Waals surface area (Å²) in [5.41, 5.74) is -1.39. The van der Waals surface area contributed by atoms with Crippen molar-refractivity contribution in [2.45, 2.75) is 23.6 Å². The van der Waals surface area contributed by atoms with Crippen molar-refractivity contribution in [3.05, 3.63) is 33.1 Å². The van der Waals surface area contributed by atoms with Gasteiger partial charge < -0.3 is 9.84 Å². The lowest BCUT2D eigenvalue weighted by atomic mass is 10.2. The summed E-state index contributed by atoms with van der Waals surface area (Å²) in [4.78, 5) is 24.3. The predicted molar refractivity (Wildman–Crippen MR) is 54.4 cm³/mol. The van der Waals surface area contributed by atoms with Crippen molar-refractivity contribution in [3.8, 4) is 0 Å². The number of H-pyrrole nitrogens is 1. The van der Waals surface area contributed by atoms with Crippen LogP contribution in [0.15, 0.2) is 21.9 Å². The largest absolute Gasteiger partial charge is 0.390 e. The molecule has 8 heteroatoms. The van der Waals surface area contributed by atoms with Gasteiger partial charge in [-0.3, -0.25) is 14.3 Å². The molecular weight excluding hydrogens is 255 g/mol. The first-order chi connectivity index (χ1) is 7.93. The molecular formula is C9H8ClFN2O4. The van der Waals surface area contributed by atoms with E-state index in [1.807, 2.05) is 4.98 Å². The number of hydrogen-bond acceptors (Lipinski definition) is 4. The van der Waals surface area contributed by atoms with E-state index in [0.29, 0.717) is 0 Å². The second-order valence-corrected chi connectivity index (χ2v) is 4.74. The summed E-state index contributed by atoms with van der Waals surface area (Å²) in [5, 5.41) is 6.91. The maximum Gasteiger partial charge on any atom is 0.330 e. The number of aromatic nitrogens is 2. The molecule has 2 unspecified atom stereocenters. The average molecular weight is 263 g/mol. The second-order valence-electron chi connectivity index (χ2n) is 4.16. The van der Waals surface area contributed by atoms with Gasteiger partial charge in [-0.1, -0.05) is 11.6 Å². The average Bonchev–Trinajstić information content (AvgIpc) is 2.77. The molecule has 6 nitrogen and oxygen atoms in total. The Labute approximate surface area is 98.6 Å². The van der Waals surface area contributed by atoms with E-state index in [1.54, 1.807) is 0 Å². The Bertz CT molecular complexity index is 583. The van der Waals surface area contributed by atoms with E-state index in [9.17, 15) is 19.1 Å². The number of nitrogens with zero attached hydrogens (tertiary/aromatic N) is 1. The molecule has 0 amide bonds. The van der Waals surface area contributed by atoms with Gasteiger partial charge in [-0.15, -0.1) is 0 Å². The van der Waals surface area contributed by atoms with Gasteiger partial charge in [0, 0.05) is 12.3 Å². The van der Waals surface area contributed by atoms with E-state index in [0.717, 1.165) is 16.8 Å². The molecule has 92 valence electrons. The lowest BCUT2D eigenvalue weighted by Gasteiger charge is -2.24. The van der Waals surface area contributed by atoms with E-state index >= 15 is 0 Å². The van der Waals surface area contributed by atoms with Crippen LogP contribution in [0.25, 0.3) is 0 Å². The zero-order chi connectivity index (χ0) is 12.4. The molecule has 2 N–H and O–H groups in total. The Morgan fingerprint density at radius 1 is 1.59 bits per heavy atom. The number of rotatable bonds is 1. The summed E-state index contributed by atoms with van der Waals surface area (Å²) < 4.78 is 20.2. The fourth-order valence-electron chi connectivity index (χ4n) is 2.15. The minimum absolute atomic E-state index is 0.589. The lowest BCUT2D eigenvalue weighted by molar-refractivity contribution is -0.0606. The van der Waals surface area contributed by atoms with Crippen molar-refractivity contribution < 1.29 is 14.2 Å². The third-order valence-corrected chi connectivity index (χ3v) is 3.52. The van der Waals surface area contributed by atoms with Gasteiger partial charge >= 0.3 is 5.69 Å². The first-order valence-corrected chi connectivity index (χ1v) is 5.33. The summed E-state index contributed by atoms with van der Waals surface area (Å²) in [6.45, 7) is 0. The van der Waals surface area contributed by atoms with Crippen molar-refractivity contribution in [2.75, 3.05) is 0 Å². The van der Waals surface area contributed by atoms with Gasteiger partial charge in [0.15, 0.2) is 6.23 Å². The highest BCUT2D eigenvalue weighted by Gasteiger charge is 2.73. The summed E-state index contributed by atoms with van der Waals surface area (Å²) in [6.07, 6.45) is -1.86. The molecule has 5 atom stereocenters. The van der Waals surface area contributed by atoms with Gasteiger partial charge in [-0.25, -0.2) is 9.18 Å². The predicted octanol–water partition coefficient (Wildman–Crippen LogP) is -0.671. The monoisotopic (exact) mass is 262 g/mol. The van der Waals surface area contributed by atoms with Crippen LogP contribution in [-0.4, -0.2) is 32.0 Å². The minimum atomic E-state index is -2.36. The van der Waals surface area contributed by atoms with E-state index in [1.165, 1.54) is 0 Å². The zero-order valence-corrected chi connectivity index (χ0v) is 9.10. The number of halogens is 2. The first-order valence-electron chi connectivity index (χ1n) is 4.96. The smallest absolute Gasteiger partial charge is 0.330 e. The Balaban J connectivity index is 2.02. The van der Waals surface area contributed by atoms with E-state index in [2.05, 4.69) is 0 Å². The van der Waals surface area contributed by atoms with Gasteiger partial charge in [-0.2, -0.15) is 0 Å². The van der Waals surface area contributed by atoms with Gasteiger partial charge in [0.1, 0.15) is 0 Å². The SMILES string of the molecule is O=c1ccn([C@@H]2O[C@@H]3C(O)C3[C@]2(F)Cl)c(=O)[nH]1. The topological polar surface area (TPSA) is 84.3 Å². The van der Waals surface area contributed by atoms with Crippen LogP contribution in [-0.2, 0) is 4.74 Å². The Morgan fingerprint density at radius 2 is 2.29 bits per heavy atom. The summed E-state index contributed by atoms with van der Waals surface area (Å²) in [6, 6.07) is 1.07. The lowest BCUT2D eigenvalue weighted by Crippen LogP contribution is -2.40. The summed E-state index contributed by atoms with van der Waals surface area (Å²) in [5.74, 6) is -0.840. The van der Waals surface area contributed by atoms with Crippen LogP contribution in [0.3, 0.4) is 0 Å². The fraction of sp³-hybridized carbons (Fsp3) is 0.556. The Morgan fingerprint density at radius 3 is 2.82 bits per heavy atom. The number of aliphatic hydroxyl groups is 1. The number of alkyl halides is 2. The molecule has 1 aliphatic heterocycles. The van der Waals surface area contributed by atoms with Crippen LogP contribution in [0, 0.1) is 5.92 Å². The number of hydrogen-bond donors (Lipinski definition) is 2.